The van der Waals surface area contributed by atoms with Crippen molar-refractivity contribution in [3.8, 4) is 17.2 Å². The van der Waals surface area contributed by atoms with Crippen molar-refractivity contribution >= 4 is 17.5 Å². The van der Waals surface area contributed by atoms with Crippen LogP contribution in [0, 0.1) is 6.92 Å². The van der Waals surface area contributed by atoms with Gasteiger partial charge in [-0.05, 0) is 54.5 Å². The fraction of sp³-hybridized carbons (Fsp3) is 0.250. The van der Waals surface area contributed by atoms with Crippen molar-refractivity contribution in [2.24, 2.45) is 0 Å². The highest BCUT2D eigenvalue weighted by molar-refractivity contribution is 6.15. The number of aromatic hydroxyl groups is 1. The number of hydrogen-bond acceptors (Lipinski definition) is 6. The van der Waals surface area contributed by atoms with Crippen LogP contribution in [0.2, 0.25) is 0 Å². The normalized spacial score (nSPS) is 17.1. The molecule has 0 aliphatic carbocycles. The topological polar surface area (TPSA) is 62.2 Å². The molecule has 34 heavy (non-hydrogen) atoms. The Morgan fingerprint density at radius 2 is 1.74 bits per heavy atom. The quantitative estimate of drug-likeness (QED) is 0.564. The van der Waals surface area contributed by atoms with Crippen molar-refractivity contribution in [2.75, 3.05) is 38.2 Å². The molecule has 1 saturated heterocycles. The number of nitrogens with zero attached hydrogens (tertiary/aromatic N) is 2. The lowest BCUT2D eigenvalue weighted by atomic mass is 9.99. The van der Waals surface area contributed by atoms with E-state index < -0.39 is 0 Å². The largest absolute Gasteiger partial charge is 0.507 e. The minimum atomic E-state index is -0.154. The zero-order valence-electron chi connectivity index (χ0n) is 19.5. The zero-order chi connectivity index (χ0) is 23.7. The smallest absolute Gasteiger partial charge is 0.232 e. The number of piperazine rings is 1. The van der Waals surface area contributed by atoms with Crippen LogP contribution in [0.3, 0.4) is 0 Å². The molecule has 0 bridgehead atoms. The van der Waals surface area contributed by atoms with E-state index in [2.05, 4.69) is 34.1 Å². The summed E-state index contributed by atoms with van der Waals surface area (Å²) >= 11 is 0. The van der Waals surface area contributed by atoms with Gasteiger partial charge in [0.2, 0.25) is 5.78 Å². The number of anilines is 1. The van der Waals surface area contributed by atoms with E-state index in [1.807, 2.05) is 37.3 Å². The molecule has 1 N–H and O–H groups in total. The van der Waals surface area contributed by atoms with Crippen molar-refractivity contribution < 1.29 is 19.4 Å². The van der Waals surface area contributed by atoms with Crippen LogP contribution in [-0.4, -0.2) is 49.1 Å². The predicted molar refractivity (Wildman–Crippen MR) is 133 cm³/mol. The number of allylic oxidation sites excluding steroid dienone is 1. The monoisotopic (exact) mass is 456 g/mol. The van der Waals surface area contributed by atoms with Crippen molar-refractivity contribution in [1.82, 2.24) is 4.90 Å². The van der Waals surface area contributed by atoms with Crippen molar-refractivity contribution in [3.05, 3.63) is 88.7 Å². The Balaban J connectivity index is 1.36. The van der Waals surface area contributed by atoms with E-state index in [-0.39, 0.29) is 17.3 Å². The highest BCUT2D eigenvalue weighted by Gasteiger charge is 2.34. The first-order chi connectivity index (χ1) is 16.5. The van der Waals surface area contributed by atoms with Gasteiger partial charge in [-0.3, -0.25) is 9.69 Å². The number of methoxy groups -OCH3 is 1. The molecule has 0 saturated carbocycles. The fourth-order valence-corrected chi connectivity index (χ4v) is 4.61. The van der Waals surface area contributed by atoms with Gasteiger partial charge in [-0.1, -0.05) is 30.3 Å². The van der Waals surface area contributed by atoms with Gasteiger partial charge in [-0.25, -0.2) is 0 Å². The summed E-state index contributed by atoms with van der Waals surface area (Å²) in [7, 11) is 1.62. The van der Waals surface area contributed by atoms with Crippen LogP contribution in [0.5, 0.6) is 17.2 Å². The highest BCUT2D eigenvalue weighted by Crippen LogP contribution is 2.42. The molecule has 2 aliphatic rings. The molecule has 0 aromatic heterocycles. The summed E-state index contributed by atoms with van der Waals surface area (Å²) in [5.74, 6) is 1.51. The number of Topliss-reactive ketones (excluding diaryl/α,β-unsaturated/α-hetero) is 1. The van der Waals surface area contributed by atoms with E-state index in [1.54, 1.807) is 19.3 Å². The SMILES string of the molecule is COc1ccc(/C=C2\Oc3c(CN4CCN(c5ccccc5)CC4)c(O)cc(C)c3C2=O)cc1. The molecular weight excluding hydrogens is 428 g/mol. The van der Waals surface area contributed by atoms with E-state index in [4.69, 9.17) is 9.47 Å². The third-order valence-electron chi connectivity index (χ3n) is 6.51. The number of carbonyl (C=O) groups excluding carboxylic acids is 1. The molecule has 0 unspecified atom stereocenters. The Bertz CT molecular complexity index is 1230. The van der Waals surface area contributed by atoms with Gasteiger partial charge < -0.3 is 19.5 Å². The average Bonchev–Trinajstić information content (AvgIpc) is 3.19. The number of ketones is 1. The molecule has 0 spiro atoms. The zero-order valence-corrected chi connectivity index (χ0v) is 19.5. The molecule has 6 nitrogen and oxygen atoms in total. The molecular formula is C28H28N2O4. The van der Waals surface area contributed by atoms with Crippen molar-refractivity contribution in [3.63, 3.8) is 0 Å². The third-order valence-corrected chi connectivity index (χ3v) is 6.51. The number of fused-ring (bicyclic) bond motifs is 1. The summed E-state index contributed by atoms with van der Waals surface area (Å²) in [5.41, 5.74) is 3.99. The van der Waals surface area contributed by atoms with Gasteiger partial charge >= 0.3 is 0 Å². The summed E-state index contributed by atoms with van der Waals surface area (Å²) in [6.45, 7) is 5.89. The number of ether oxygens (including phenoxy) is 2. The van der Waals surface area contributed by atoms with Gasteiger partial charge in [0, 0.05) is 38.4 Å². The second-order valence-electron chi connectivity index (χ2n) is 8.71. The van der Waals surface area contributed by atoms with Gasteiger partial charge in [0.25, 0.3) is 0 Å². The van der Waals surface area contributed by atoms with Crippen LogP contribution < -0.4 is 14.4 Å². The summed E-state index contributed by atoms with van der Waals surface area (Å²) in [6.07, 6.45) is 1.74. The van der Waals surface area contributed by atoms with Crippen LogP contribution in [0.15, 0.2) is 66.4 Å². The Hall–Kier alpha value is -3.77. The molecule has 1 fully saturated rings. The summed E-state index contributed by atoms with van der Waals surface area (Å²) < 4.78 is 11.3. The number of phenolic OH excluding ortho intramolecular Hbond substituents is 1. The van der Waals surface area contributed by atoms with E-state index in [9.17, 15) is 9.90 Å². The lowest BCUT2D eigenvalue weighted by Crippen LogP contribution is -2.46. The number of para-hydroxylation sites is 1. The van der Waals surface area contributed by atoms with Crippen LogP contribution in [-0.2, 0) is 6.54 Å². The summed E-state index contributed by atoms with van der Waals surface area (Å²) in [5, 5.41) is 10.8. The highest BCUT2D eigenvalue weighted by atomic mass is 16.5. The number of benzene rings is 3. The van der Waals surface area contributed by atoms with Gasteiger partial charge in [0.15, 0.2) is 5.76 Å². The number of aryl methyl sites for hydroxylation is 1. The summed E-state index contributed by atoms with van der Waals surface area (Å²) in [6, 6.07) is 19.5. The molecule has 3 aromatic carbocycles. The lowest BCUT2D eigenvalue weighted by molar-refractivity contribution is 0.101. The van der Waals surface area contributed by atoms with E-state index in [0.29, 0.717) is 29.0 Å². The second kappa shape index (κ2) is 9.23. The molecule has 174 valence electrons. The predicted octanol–water partition coefficient (Wildman–Crippen LogP) is 4.65. The lowest BCUT2D eigenvalue weighted by Gasteiger charge is -2.36. The fourth-order valence-electron chi connectivity index (χ4n) is 4.61. The number of carbonyl (C=O) groups is 1. The molecule has 0 amide bonds. The third kappa shape index (κ3) is 4.24. The molecule has 2 heterocycles. The molecule has 5 rings (SSSR count). The van der Waals surface area contributed by atoms with Gasteiger partial charge in [-0.15, -0.1) is 0 Å². The average molecular weight is 457 g/mol. The first-order valence-corrected chi connectivity index (χ1v) is 11.5. The first-order valence-electron chi connectivity index (χ1n) is 11.5. The maximum atomic E-state index is 13.2. The molecule has 2 aliphatic heterocycles. The van der Waals surface area contributed by atoms with E-state index in [0.717, 1.165) is 37.5 Å². The van der Waals surface area contributed by atoms with Gasteiger partial charge in [-0.2, -0.15) is 0 Å². The van der Waals surface area contributed by atoms with Crippen LogP contribution >= 0.6 is 0 Å². The Kier molecular flexibility index (Phi) is 5.99. The van der Waals surface area contributed by atoms with Crippen molar-refractivity contribution in [2.45, 2.75) is 13.5 Å². The van der Waals surface area contributed by atoms with E-state index in [1.165, 1.54) is 5.69 Å². The van der Waals surface area contributed by atoms with Crippen LogP contribution in [0.1, 0.15) is 27.0 Å². The van der Waals surface area contributed by atoms with Gasteiger partial charge in [0.05, 0.1) is 18.2 Å². The Labute approximate surface area is 199 Å². The second-order valence-corrected chi connectivity index (χ2v) is 8.71. The standard InChI is InChI=1S/C28H28N2O4/c1-19-16-24(31)23(18-29-12-14-30(15-13-29)21-6-4-3-5-7-21)28-26(19)27(32)25(34-28)17-20-8-10-22(33-2)11-9-20/h3-11,16-17,31H,12-15,18H2,1-2H3/b25-17-. The maximum Gasteiger partial charge on any atom is 0.232 e. The van der Waals surface area contributed by atoms with Gasteiger partial charge in [0.1, 0.15) is 17.2 Å². The number of hydrogen-bond donors (Lipinski definition) is 1. The van der Waals surface area contributed by atoms with Crippen molar-refractivity contribution in [1.29, 1.82) is 0 Å². The minimum absolute atomic E-state index is 0.154. The summed E-state index contributed by atoms with van der Waals surface area (Å²) in [4.78, 5) is 17.8. The number of rotatable bonds is 5. The van der Waals surface area contributed by atoms with E-state index >= 15 is 0 Å². The number of phenols is 1. The molecule has 3 aromatic rings. The Morgan fingerprint density at radius 3 is 2.41 bits per heavy atom. The minimum Gasteiger partial charge on any atom is -0.507 e. The molecule has 0 radical (unpaired) electrons. The molecule has 6 heteroatoms. The van der Waals surface area contributed by atoms with Crippen LogP contribution in [0.25, 0.3) is 6.08 Å². The van der Waals surface area contributed by atoms with Crippen LogP contribution in [0.4, 0.5) is 5.69 Å². The Morgan fingerprint density at radius 1 is 1.03 bits per heavy atom. The first kappa shape index (κ1) is 22.0. The molecule has 0 atom stereocenters. The maximum absolute atomic E-state index is 13.2.